The Labute approximate surface area is 161 Å². The molecule has 4 heterocycles. The fraction of sp³-hybridized carbons (Fsp3) is 0.421. The van der Waals surface area contributed by atoms with Crippen molar-refractivity contribution in [3.63, 3.8) is 0 Å². The molecule has 2 fully saturated rings. The number of morpholine rings is 1. The molecule has 1 N–H and O–H groups in total. The van der Waals surface area contributed by atoms with E-state index in [0.29, 0.717) is 45.6 Å². The standard InChI is InChI=1S/C19H21N3O4S/c23-16-11-20-5-1-15(16)18(25)22-8-9-26-19(13-22)3-6-21(7-4-19)17(24)14-2-10-27-12-14/h1-2,5,10-12,23H,3-4,6-9,13H2. The molecule has 1 spiro atoms. The predicted molar refractivity (Wildman–Crippen MR) is 99.9 cm³/mol. The van der Waals surface area contributed by atoms with Gasteiger partial charge in [0.05, 0.1) is 36.1 Å². The highest BCUT2D eigenvalue weighted by molar-refractivity contribution is 7.08. The Morgan fingerprint density at radius 2 is 1.96 bits per heavy atom. The average Bonchev–Trinajstić information content (AvgIpc) is 3.23. The van der Waals surface area contributed by atoms with Crippen molar-refractivity contribution in [2.75, 3.05) is 32.8 Å². The van der Waals surface area contributed by atoms with Crippen molar-refractivity contribution in [1.82, 2.24) is 14.8 Å². The Kier molecular flexibility index (Phi) is 4.84. The van der Waals surface area contributed by atoms with Crippen LogP contribution in [0.15, 0.2) is 35.3 Å². The van der Waals surface area contributed by atoms with Gasteiger partial charge in [-0.05, 0) is 30.4 Å². The van der Waals surface area contributed by atoms with Gasteiger partial charge in [-0.25, -0.2) is 0 Å². The first-order valence-corrected chi connectivity index (χ1v) is 9.90. The number of carbonyl (C=O) groups is 2. The Morgan fingerprint density at radius 3 is 2.67 bits per heavy atom. The highest BCUT2D eigenvalue weighted by Gasteiger charge is 2.42. The molecule has 2 aliphatic rings. The highest BCUT2D eigenvalue weighted by atomic mass is 32.1. The minimum absolute atomic E-state index is 0.0524. The lowest BCUT2D eigenvalue weighted by molar-refractivity contribution is -0.123. The van der Waals surface area contributed by atoms with Crippen molar-refractivity contribution in [2.45, 2.75) is 18.4 Å². The zero-order chi connectivity index (χ0) is 18.9. The Bertz CT molecular complexity index is 831. The van der Waals surface area contributed by atoms with Crippen molar-refractivity contribution in [3.8, 4) is 5.75 Å². The normalized spacial score (nSPS) is 19.3. The summed E-state index contributed by atoms with van der Waals surface area (Å²) in [4.78, 5) is 32.7. The fourth-order valence-corrected chi connectivity index (χ4v) is 4.37. The van der Waals surface area contributed by atoms with Crippen LogP contribution in [0, 0.1) is 0 Å². The van der Waals surface area contributed by atoms with Crippen LogP contribution in [0.3, 0.4) is 0 Å². The van der Waals surface area contributed by atoms with Gasteiger partial charge in [-0.15, -0.1) is 0 Å². The van der Waals surface area contributed by atoms with Gasteiger partial charge in [-0.1, -0.05) is 0 Å². The first kappa shape index (κ1) is 17.9. The van der Waals surface area contributed by atoms with E-state index in [1.807, 2.05) is 21.7 Å². The summed E-state index contributed by atoms with van der Waals surface area (Å²) >= 11 is 1.51. The summed E-state index contributed by atoms with van der Waals surface area (Å²) in [5.74, 6) is -0.273. The van der Waals surface area contributed by atoms with Gasteiger partial charge in [0.2, 0.25) is 0 Å². The molecule has 0 bridgehead atoms. The Morgan fingerprint density at radius 1 is 1.15 bits per heavy atom. The van der Waals surface area contributed by atoms with Crippen LogP contribution in [-0.2, 0) is 4.74 Å². The highest BCUT2D eigenvalue weighted by Crippen LogP contribution is 2.32. The third kappa shape index (κ3) is 3.54. The molecular weight excluding hydrogens is 366 g/mol. The quantitative estimate of drug-likeness (QED) is 0.852. The maximum Gasteiger partial charge on any atom is 0.257 e. The van der Waals surface area contributed by atoms with Crippen molar-refractivity contribution in [2.24, 2.45) is 0 Å². The summed E-state index contributed by atoms with van der Waals surface area (Å²) in [6, 6.07) is 3.37. The number of aromatic nitrogens is 1. The van der Waals surface area contributed by atoms with Crippen LogP contribution in [0.4, 0.5) is 0 Å². The maximum atomic E-state index is 12.8. The number of nitrogens with zero attached hydrogens (tertiary/aromatic N) is 3. The zero-order valence-electron chi connectivity index (χ0n) is 14.8. The topological polar surface area (TPSA) is 83.0 Å². The zero-order valence-corrected chi connectivity index (χ0v) is 15.7. The first-order valence-electron chi connectivity index (χ1n) is 8.96. The smallest absolute Gasteiger partial charge is 0.257 e. The van der Waals surface area contributed by atoms with Gasteiger partial charge in [0.15, 0.2) is 0 Å². The molecule has 142 valence electrons. The molecule has 0 radical (unpaired) electrons. The summed E-state index contributed by atoms with van der Waals surface area (Å²) in [5.41, 5.74) is 0.555. The Hall–Kier alpha value is -2.45. The van der Waals surface area contributed by atoms with Gasteiger partial charge < -0.3 is 19.6 Å². The number of piperidine rings is 1. The van der Waals surface area contributed by atoms with E-state index in [2.05, 4.69) is 4.98 Å². The number of thiophene rings is 1. The van der Waals surface area contributed by atoms with Crippen LogP contribution in [0.5, 0.6) is 5.75 Å². The lowest BCUT2D eigenvalue weighted by Crippen LogP contribution is -2.58. The fourth-order valence-electron chi connectivity index (χ4n) is 3.74. The Balaban J connectivity index is 1.42. The lowest BCUT2D eigenvalue weighted by Gasteiger charge is -2.47. The number of hydrogen-bond donors (Lipinski definition) is 1. The van der Waals surface area contributed by atoms with Crippen molar-refractivity contribution < 1.29 is 19.4 Å². The number of amides is 2. The predicted octanol–water partition coefficient (Wildman–Crippen LogP) is 2.00. The summed E-state index contributed by atoms with van der Waals surface area (Å²) in [7, 11) is 0. The number of pyridine rings is 1. The summed E-state index contributed by atoms with van der Waals surface area (Å²) in [5, 5.41) is 13.7. The molecule has 0 saturated carbocycles. The van der Waals surface area contributed by atoms with E-state index in [-0.39, 0.29) is 23.1 Å². The minimum Gasteiger partial charge on any atom is -0.505 e. The molecule has 0 atom stereocenters. The van der Waals surface area contributed by atoms with Crippen molar-refractivity contribution in [3.05, 3.63) is 46.4 Å². The summed E-state index contributed by atoms with van der Waals surface area (Å²) < 4.78 is 6.07. The first-order chi connectivity index (χ1) is 13.1. The van der Waals surface area contributed by atoms with E-state index in [1.54, 1.807) is 4.90 Å². The van der Waals surface area contributed by atoms with Gasteiger partial charge in [0.1, 0.15) is 5.75 Å². The third-order valence-electron chi connectivity index (χ3n) is 5.30. The van der Waals surface area contributed by atoms with Crippen LogP contribution in [0.2, 0.25) is 0 Å². The molecule has 7 nitrogen and oxygen atoms in total. The van der Waals surface area contributed by atoms with Crippen LogP contribution in [0.25, 0.3) is 0 Å². The molecule has 2 saturated heterocycles. The summed E-state index contributed by atoms with van der Waals surface area (Å²) in [6.45, 7) is 2.62. The monoisotopic (exact) mass is 387 g/mol. The number of ether oxygens (including phenoxy) is 1. The molecule has 0 aromatic carbocycles. The molecular formula is C19H21N3O4S. The number of rotatable bonds is 2. The van der Waals surface area contributed by atoms with Crippen LogP contribution >= 0.6 is 11.3 Å². The van der Waals surface area contributed by atoms with E-state index < -0.39 is 5.60 Å². The van der Waals surface area contributed by atoms with Crippen LogP contribution in [0.1, 0.15) is 33.6 Å². The SMILES string of the molecule is O=C(c1ccsc1)N1CCC2(CC1)CN(C(=O)c1ccncc1O)CCO2. The van der Waals surface area contributed by atoms with Crippen molar-refractivity contribution in [1.29, 1.82) is 0 Å². The van der Waals surface area contributed by atoms with E-state index in [0.717, 1.165) is 5.56 Å². The minimum atomic E-state index is -0.429. The van der Waals surface area contributed by atoms with Gasteiger partial charge in [-0.3, -0.25) is 14.6 Å². The third-order valence-corrected chi connectivity index (χ3v) is 5.98. The van der Waals surface area contributed by atoms with Gasteiger partial charge in [-0.2, -0.15) is 11.3 Å². The van der Waals surface area contributed by atoms with E-state index in [4.69, 9.17) is 4.74 Å². The molecule has 2 aliphatic heterocycles. The average molecular weight is 387 g/mol. The number of likely N-dealkylation sites (tertiary alicyclic amines) is 1. The molecule has 2 aromatic heterocycles. The second-order valence-corrected chi connectivity index (χ2v) is 7.74. The number of hydrogen-bond acceptors (Lipinski definition) is 6. The summed E-state index contributed by atoms with van der Waals surface area (Å²) in [6.07, 6.45) is 4.15. The van der Waals surface area contributed by atoms with Crippen molar-refractivity contribution >= 4 is 23.2 Å². The molecule has 27 heavy (non-hydrogen) atoms. The second-order valence-electron chi connectivity index (χ2n) is 6.96. The molecule has 0 aliphatic carbocycles. The van der Waals surface area contributed by atoms with E-state index >= 15 is 0 Å². The maximum absolute atomic E-state index is 12.8. The van der Waals surface area contributed by atoms with Gasteiger partial charge >= 0.3 is 0 Å². The molecule has 2 aromatic rings. The van der Waals surface area contributed by atoms with Gasteiger partial charge in [0, 0.05) is 31.2 Å². The van der Waals surface area contributed by atoms with E-state index in [9.17, 15) is 14.7 Å². The largest absolute Gasteiger partial charge is 0.505 e. The second kappa shape index (κ2) is 7.28. The van der Waals surface area contributed by atoms with Crippen LogP contribution in [-0.4, -0.2) is 70.1 Å². The molecule has 8 heteroatoms. The lowest BCUT2D eigenvalue weighted by atomic mass is 9.89. The molecule has 2 amide bonds. The number of carbonyl (C=O) groups excluding carboxylic acids is 2. The molecule has 0 unspecified atom stereocenters. The van der Waals surface area contributed by atoms with E-state index in [1.165, 1.54) is 29.8 Å². The van der Waals surface area contributed by atoms with Gasteiger partial charge in [0.25, 0.3) is 11.8 Å². The number of aromatic hydroxyl groups is 1. The molecule has 4 rings (SSSR count). The van der Waals surface area contributed by atoms with Crippen LogP contribution < -0.4 is 0 Å².